The Labute approximate surface area is 132 Å². The van der Waals surface area contributed by atoms with Crippen LogP contribution in [0.1, 0.15) is 6.92 Å². The molecule has 0 aliphatic carbocycles. The molecule has 0 amide bonds. The fraction of sp³-hybridized carbons (Fsp3) is 0.250. The highest BCUT2D eigenvalue weighted by atomic mass is 79.9. The van der Waals surface area contributed by atoms with Gasteiger partial charge in [0.2, 0.25) is 0 Å². The van der Waals surface area contributed by atoms with E-state index >= 15 is 0 Å². The van der Waals surface area contributed by atoms with Crippen molar-refractivity contribution in [2.75, 3.05) is 25.1 Å². The summed E-state index contributed by atoms with van der Waals surface area (Å²) in [5, 5.41) is 3.18. The second-order valence-electron chi connectivity index (χ2n) is 4.28. The van der Waals surface area contributed by atoms with E-state index in [4.69, 9.17) is 9.47 Å². The largest absolute Gasteiger partial charge is 0.490 e. The van der Waals surface area contributed by atoms with Crippen LogP contribution in [-0.4, -0.2) is 19.8 Å². The van der Waals surface area contributed by atoms with Gasteiger partial charge in [-0.2, -0.15) is 0 Å². The van der Waals surface area contributed by atoms with E-state index in [0.29, 0.717) is 24.2 Å². The summed E-state index contributed by atoms with van der Waals surface area (Å²) < 4.78 is 24.9. The van der Waals surface area contributed by atoms with Gasteiger partial charge < -0.3 is 14.8 Å². The number of hydrogen-bond acceptors (Lipinski definition) is 3. The zero-order valence-corrected chi connectivity index (χ0v) is 13.3. The van der Waals surface area contributed by atoms with Crippen molar-refractivity contribution in [2.45, 2.75) is 6.92 Å². The van der Waals surface area contributed by atoms with Gasteiger partial charge in [-0.25, -0.2) is 4.39 Å². The first kappa shape index (κ1) is 15.6. The highest BCUT2D eigenvalue weighted by molar-refractivity contribution is 9.10. The van der Waals surface area contributed by atoms with Crippen molar-refractivity contribution in [3.8, 4) is 11.5 Å². The van der Waals surface area contributed by atoms with Crippen molar-refractivity contribution >= 4 is 21.6 Å². The number of benzene rings is 2. The minimum Gasteiger partial charge on any atom is -0.490 e. The summed E-state index contributed by atoms with van der Waals surface area (Å²) in [5.74, 6) is 1.19. The second kappa shape index (κ2) is 7.88. The molecular weight excluding hydrogens is 337 g/mol. The third-order valence-corrected chi connectivity index (χ3v) is 3.41. The molecule has 112 valence electrons. The van der Waals surface area contributed by atoms with Gasteiger partial charge in [0, 0.05) is 16.7 Å². The molecule has 0 aliphatic heterocycles. The lowest BCUT2D eigenvalue weighted by Gasteiger charge is -2.13. The van der Waals surface area contributed by atoms with Crippen molar-refractivity contribution in [2.24, 2.45) is 0 Å². The first-order valence-electron chi connectivity index (χ1n) is 6.74. The van der Waals surface area contributed by atoms with Crippen molar-refractivity contribution in [1.82, 2.24) is 0 Å². The second-order valence-corrected chi connectivity index (χ2v) is 5.13. The number of hydrogen-bond donors (Lipinski definition) is 1. The van der Waals surface area contributed by atoms with Crippen LogP contribution in [0.4, 0.5) is 10.1 Å². The molecule has 0 fully saturated rings. The van der Waals surface area contributed by atoms with E-state index < -0.39 is 0 Å². The van der Waals surface area contributed by atoms with Gasteiger partial charge in [0.1, 0.15) is 12.4 Å². The minimum absolute atomic E-state index is 0.269. The van der Waals surface area contributed by atoms with Gasteiger partial charge in [0.25, 0.3) is 0 Å². The van der Waals surface area contributed by atoms with E-state index in [1.54, 1.807) is 6.07 Å². The molecule has 0 heterocycles. The summed E-state index contributed by atoms with van der Waals surface area (Å²) >= 11 is 3.31. The third-order valence-electron chi connectivity index (χ3n) is 2.76. The van der Waals surface area contributed by atoms with Crippen LogP contribution in [-0.2, 0) is 0 Å². The molecule has 0 radical (unpaired) electrons. The topological polar surface area (TPSA) is 30.5 Å². The number of anilines is 1. The highest BCUT2D eigenvalue weighted by Gasteiger charge is 2.04. The van der Waals surface area contributed by atoms with Gasteiger partial charge in [0.15, 0.2) is 11.5 Å². The minimum atomic E-state index is -0.269. The number of nitrogens with one attached hydrogen (secondary N) is 1. The summed E-state index contributed by atoms with van der Waals surface area (Å²) in [5.41, 5.74) is 0.832. The van der Waals surface area contributed by atoms with Crippen LogP contribution in [0, 0.1) is 5.82 Å². The van der Waals surface area contributed by atoms with E-state index in [0.717, 1.165) is 17.2 Å². The van der Waals surface area contributed by atoms with Gasteiger partial charge >= 0.3 is 0 Å². The summed E-state index contributed by atoms with van der Waals surface area (Å²) in [4.78, 5) is 0. The molecule has 0 saturated carbocycles. The van der Waals surface area contributed by atoms with E-state index in [2.05, 4.69) is 21.2 Å². The molecular formula is C16H17BrFNO2. The lowest BCUT2D eigenvalue weighted by atomic mass is 10.3. The molecule has 3 nitrogen and oxygen atoms in total. The fourth-order valence-electron chi connectivity index (χ4n) is 1.82. The van der Waals surface area contributed by atoms with E-state index in [-0.39, 0.29) is 5.82 Å². The fourth-order valence-corrected chi connectivity index (χ4v) is 2.31. The van der Waals surface area contributed by atoms with Crippen LogP contribution in [0.2, 0.25) is 0 Å². The molecule has 2 rings (SSSR count). The van der Waals surface area contributed by atoms with Gasteiger partial charge in [-0.05, 0) is 53.2 Å². The summed E-state index contributed by atoms with van der Waals surface area (Å²) in [6, 6.07) is 12.1. The molecule has 0 saturated heterocycles. The molecule has 0 aromatic heterocycles. The predicted molar refractivity (Wildman–Crippen MR) is 85.7 cm³/mol. The monoisotopic (exact) mass is 353 g/mol. The van der Waals surface area contributed by atoms with Crippen LogP contribution in [0.5, 0.6) is 11.5 Å². The van der Waals surface area contributed by atoms with Gasteiger partial charge in [0.05, 0.1) is 6.61 Å². The Hall–Kier alpha value is -1.75. The standard InChI is InChI=1S/C16H17BrFNO2/c1-2-20-15-5-3-4-6-16(15)21-10-9-19-14-8-7-12(18)11-13(14)17/h3-8,11,19H,2,9-10H2,1H3. The van der Waals surface area contributed by atoms with E-state index in [1.165, 1.54) is 12.1 Å². The Bertz CT molecular complexity index is 592. The van der Waals surface area contributed by atoms with Gasteiger partial charge in [-0.3, -0.25) is 0 Å². The molecule has 1 N–H and O–H groups in total. The molecule has 2 aromatic rings. The SMILES string of the molecule is CCOc1ccccc1OCCNc1ccc(F)cc1Br. The normalized spacial score (nSPS) is 10.2. The lowest BCUT2D eigenvalue weighted by molar-refractivity contribution is 0.284. The number of halogens is 2. The maximum atomic E-state index is 13.0. The van der Waals surface area contributed by atoms with Crippen LogP contribution < -0.4 is 14.8 Å². The smallest absolute Gasteiger partial charge is 0.161 e. The summed E-state index contributed by atoms with van der Waals surface area (Å²) in [7, 11) is 0. The van der Waals surface area contributed by atoms with E-state index in [9.17, 15) is 4.39 Å². The van der Waals surface area contributed by atoms with Crippen molar-refractivity contribution in [1.29, 1.82) is 0 Å². The maximum Gasteiger partial charge on any atom is 0.161 e. The first-order valence-corrected chi connectivity index (χ1v) is 7.53. The van der Waals surface area contributed by atoms with Crippen LogP contribution in [0.3, 0.4) is 0 Å². The maximum absolute atomic E-state index is 13.0. The third kappa shape index (κ3) is 4.63. The van der Waals surface area contributed by atoms with E-state index in [1.807, 2.05) is 31.2 Å². The Kier molecular flexibility index (Phi) is 5.87. The molecule has 2 aromatic carbocycles. The Morgan fingerprint density at radius 2 is 1.81 bits per heavy atom. The average Bonchev–Trinajstić information content (AvgIpc) is 2.47. The Balaban J connectivity index is 1.84. The average molecular weight is 354 g/mol. The number of ether oxygens (including phenoxy) is 2. The summed E-state index contributed by atoms with van der Waals surface area (Å²) in [6.07, 6.45) is 0. The molecule has 0 atom stereocenters. The summed E-state index contributed by atoms with van der Waals surface area (Å²) in [6.45, 7) is 3.62. The van der Waals surface area contributed by atoms with Crippen molar-refractivity contribution in [3.63, 3.8) is 0 Å². The molecule has 0 aliphatic rings. The molecule has 0 unspecified atom stereocenters. The first-order chi connectivity index (χ1) is 10.2. The molecule has 21 heavy (non-hydrogen) atoms. The lowest BCUT2D eigenvalue weighted by Crippen LogP contribution is -2.12. The van der Waals surface area contributed by atoms with Crippen molar-refractivity contribution in [3.05, 3.63) is 52.8 Å². The molecule has 0 bridgehead atoms. The quantitative estimate of drug-likeness (QED) is 0.744. The molecule has 0 spiro atoms. The number of para-hydroxylation sites is 2. The van der Waals surface area contributed by atoms with Gasteiger partial charge in [-0.1, -0.05) is 12.1 Å². The zero-order chi connectivity index (χ0) is 15.1. The Morgan fingerprint density at radius 1 is 1.10 bits per heavy atom. The van der Waals surface area contributed by atoms with Crippen molar-refractivity contribution < 1.29 is 13.9 Å². The van der Waals surface area contributed by atoms with Crippen LogP contribution in [0.15, 0.2) is 46.9 Å². The van der Waals surface area contributed by atoms with Crippen LogP contribution in [0.25, 0.3) is 0 Å². The Morgan fingerprint density at radius 3 is 2.48 bits per heavy atom. The van der Waals surface area contributed by atoms with Crippen LogP contribution >= 0.6 is 15.9 Å². The number of rotatable bonds is 7. The van der Waals surface area contributed by atoms with Gasteiger partial charge in [-0.15, -0.1) is 0 Å². The predicted octanol–water partition coefficient (Wildman–Crippen LogP) is 4.48. The zero-order valence-electron chi connectivity index (χ0n) is 11.7. The highest BCUT2D eigenvalue weighted by Crippen LogP contribution is 2.26. The molecule has 5 heteroatoms.